The highest BCUT2D eigenvalue weighted by Crippen LogP contribution is 2.40. The Hall–Kier alpha value is -3.98. The summed E-state index contributed by atoms with van der Waals surface area (Å²) < 4.78 is 5.75. The molecule has 0 saturated heterocycles. The molecule has 0 aliphatic carbocycles. The molecule has 0 saturated carbocycles. The second-order valence-electron chi connectivity index (χ2n) is 8.52. The van der Waals surface area contributed by atoms with E-state index < -0.39 is 28.4 Å². The van der Waals surface area contributed by atoms with E-state index in [9.17, 15) is 24.8 Å². The van der Waals surface area contributed by atoms with Gasteiger partial charge in [-0.2, -0.15) is 0 Å². The van der Waals surface area contributed by atoms with Crippen molar-refractivity contribution in [2.45, 2.75) is 26.8 Å². The lowest BCUT2D eigenvalue weighted by Gasteiger charge is -2.29. The molecule has 4 rings (SSSR count). The van der Waals surface area contributed by atoms with E-state index in [1.165, 1.54) is 23.1 Å². The molecule has 9 heteroatoms. The van der Waals surface area contributed by atoms with Gasteiger partial charge in [0, 0.05) is 30.6 Å². The molecule has 1 aliphatic heterocycles. The van der Waals surface area contributed by atoms with Crippen LogP contribution in [0.4, 0.5) is 5.69 Å². The molecule has 3 aromatic rings. The molecular formula is C26H27N3O6. The van der Waals surface area contributed by atoms with E-state index in [0.29, 0.717) is 17.7 Å². The van der Waals surface area contributed by atoms with Crippen molar-refractivity contribution in [2.75, 3.05) is 26.2 Å². The van der Waals surface area contributed by atoms with Crippen LogP contribution in [0.25, 0.3) is 11.0 Å². The fourth-order valence-electron chi connectivity index (χ4n) is 4.47. The average Bonchev–Trinajstić information content (AvgIpc) is 3.38. The molecule has 182 valence electrons. The number of rotatable bonds is 9. The predicted molar refractivity (Wildman–Crippen MR) is 130 cm³/mol. The molecule has 1 N–H and O–H groups in total. The van der Waals surface area contributed by atoms with Crippen LogP contribution in [0.2, 0.25) is 0 Å². The Morgan fingerprint density at radius 2 is 1.91 bits per heavy atom. The number of non-ortho nitro benzene ring substituents is 1. The lowest BCUT2D eigenvalue weighted by molar-refractivity contribution is -0.384. The fourth-order valence-corrected chi connectivity index (χ4v) is 4.47. The average molecular weight is 478 g/mol. The summed E-state index contributed by atoms with van der Waals surface area (Å²) in [7, 11) is 0. The van der Waals surface area contributed by atoms with Crippen molar-refractivity contribution < 1.29 is 24.0 Å². The molecule has 0 fully saturated rings. The summed E-state index contributed by atoms with van der Waals surface area (Å²) in [5.41, 5.74) is 1.55. The fraction of sp³-hybridized carbons (Fsp3) is 0.308. The Labute approximate surface area is 202 Å². The number of Topliss-reactive ketones (excluding diaryl/α,β-unsaturated/α-hetero) is 1. The lowest BCUT2D eigenvalue weighted by atomic mass is 9.94. The molecule has 1 amide bonds. The number of nitro groups is 1. The number of amides is 1. The highest BCUT2D eigenvalue weighted by atomic mass is 16.6. The third-order valence-corrected chi connectivity index (χ3v) is 6.39. The number of furan rings is 1. The summed E-state index contributed by atoms with van der Waals surface area (Å²) >= 11 is 0. The van der Waals surface area contributed by atoms with Gasteiger partial charge in [-0.05, 0) is 43.8 Å². The standard InChI is InChI=1S/C26H27N3O6/c1-4-27(5-2)11-12-28-23(17-7-6-8-19(14-17)29(33)34)22(25(31)26(28)32)24(30)21-15-18-13-16(3)9-10-20(18)35-21/h6-10,13-15,23,31H,4-5,11-12H2,1-3H3. The SMILES string of the molecule is CCN(CC)CCN1C(=O)C(O)=C(C(=O)c2cc3cc(C)ccc3o2)C1c1cccc([N+](=O)[O-])c1. The zero-order chi connectivity index (χ0) is 25.3. The molecule has 9 nitrogen and oxygen atoms in total. The molecule has 1 aromatic heterocycles. The summed E-state index contributed by atoms with van der Waals surface area (Å²) in [4.78, 5) is 41.1. The Morgan fingerprint density at radius 3 is 2.60 bits per heavy atom. The molecule has 1 unspecified atom stereocenters. The van der Waals surface area contributed by atoms with Crippen molar-refractivity contribution in [2.24, 2.45) is 0 Å². The topological polar surface area (TPSA) is 117 Å². The van der Waals surface area contributed by atoms with Crippen LogP contribution < -0.4 is 0 Å². The van der Waals surface area contributed by atoms with Gasteiger partial charge in [0.15, 0.2) is 11.5 Å². The van der Waals surface area contributed by atoms with Crippen LogP contribution in [-0.4, -0.2) is 57.7 Å². The van der Waals surface area contributed by atoms with Gasteiger partial charge >= 0.3 is 0 Å². The number of carbonyl (C=O) groups is 2. The van der Waals surface area contributed by atoms with Crippen LogP contribution in [0.5, 0.6) is 0 Å². The number of nitrogens with zero attached hydrogens (tertiary/aromatic N) is 3. The molecule has 1 aliphatic rings. The number of nitro benzene ring substituents is 1. The number of ketones is 1. The number of fused-ring (bicyclic) bond motifs is 1. The summed E-state index contributed by atoms with van der Waals surface area (Å²) in [5, 5.41) is 23.0. The number of aliphatic hydroxyl groups is 1. The first kappa shape index (κ1) is 24.2. The molecule has 0 spiro atoms. The Balaban J connectivity index is 1.79. The molecular weight excluding hydrogens is 450 g/mol. The number of hydrogen-bond acceptors (Lipinski definition) is 7. The van der Waals surface area contributed by atoms with Crippen molar-refractivity contribution in [1.82, 2.24) is 9.80 Å². The third kappa shape index (κ3) is 4.54. The number of aliphatic hydroxyl groups excluding tert-OH is 1. The number of hydrogen-bond donors (Lipinski definition) is 1. The molecule has 0 bridgehead atoms. The first-order valence-electron chi connectivity index (χ1n) is 11.5. The molecule has 1 atom stereocenters. The van der Waals surface area contributed by atoms with E-state index in [-0.39, 0.29) is 23.6 Å². The predicted octanol–water partition coefficient (Wildman–Crippen LogP) is 4.57. The van der Waals surface area contributed by atoms with E-state index in [0.717, 1.165) is 24.0 Å². The van der Waals surface area contributed by atoms with Gasteiger partial charge in [-0.1, -0.05) is 37.6 Å². The quantitative estimate of drug-likeness (QED) is 0.272. The lowest BCUT2D eigenvalue weighted by Crippen LogP contribution is -2.38. The highest BCUT2D eigenvalue weighted by Gasteiger charge is 2.44. The van der Waals surface area contributed by atoms with Gasteiger partial charge in [0.25, 0.3) is 11.6 Å². The smallest absolute Gasteiger partial charge is 0.290 e. The van der Waals surface area contributed by atoms with Gasteiger partial charge in [-0.25, -0.2) is 0 Å². The van der Waals surface area contributed by atoms with Crippen LogP contribution >= 0.6 is 0 Å². The van der Waals surface area contributed by atoms with E-state index in [1.54, 1.807) is 18.2 Å². The van der Waals surface area contributed by atoms with Crippen LogP contribution in [0.1, 0.15) is 41.6 Å². The van der Waals surface area contributed by atoms with E-state index >= 15 is 0 Å². The normalized spacial score (nSPS) is 16.1. The van der Waals surface area contributed by atoms with Crippen LogP contribution in [-0.2, 0) is 4.79 Å². The second-order valence-corrected chi connectivity index (χ2v) is 8.52. The molecule has 2 heterocycles. The second kappa shape index (κ2) is 9.71. The minimum absolute atomic E-state index is 0.0130. The summed E-state index contributed by atoms with van der Waals surface area (Å²) in [6.45, 7) is 8.21. The van der Waals surface area contributed by atoms with E-state index in [1.807, 2.05) is 32.9 Å². The Bertz CT molecular complexity index is 1340. The molecule has 2 aromatic carbocycles. The van der Waals surface area contributed by atoms with Crippen molar-refractivity contribution in [1.29, 1.82) is 0 Å². The number of likely N-dealkylation sites (N-methyl/N-ethyl adjacent to an activating group) is 1. The minimum atomic E-state index is -0.986. The van der Waals surface area contributed by atoms with Crippen molar-refractivity contribution in [3.8, 4) is 0 Å². The maximum absolute atomic E-state index is 13.6. The maximum Gasteiger partial charge on any atom is 0.290 e. The van der Waals surface area contributed by atoms with Gasteiger partial charge in [-0.3, -0.25) is 19.7 Å². The van der Waals surface area contributed by atoms with Crippen LogP contribution in [0, 0.1) is 17.0 Å². The first-order valence-corrected chi connectivity index (χ1v) is 11.5. The van der Waals surface area contributed by atoms with Crippen molar-refractivity contribution in [3.05, 3.63) is 86.9 Å². The van der Waals surface area contributed by atoms with Crippen LogP contribution in [0.15, 0.2) is 64.3 Å². The first-order chi connectivity index (χ1) is 16.7. The molecule has 35 heavy (non-hydrogen) atoms. The van der Waals surface area contributed by atoms with Gasteiger partial charge in [0.1, 0.15) is 5.58 Å². The van der Waals surface area contributed by atoms with Gasteiger partial charge in [-0.15, -0.1) is 0 Å². The zero-order valence-corrected chi connectivity index (χ0v) is 19.9. The van der Waals surface area contributed by atoms with E-state index in [4.69, 9.17) is 4.42 Å². The van der Waals surface area contributed by atoms with Gasteiger partial charge < -0.3 is 19.3 Å². The van der Waals surface area contributed by atoms with Crippen molar-refractivity contribution in [3.63, 3.8) is 0 Å². The van der Waals surface area contributed by atoms with Crippen LogP contribution in [0.3, 0.4) is 0 Å². The number of carbonyl (C=O) groups excluding carboxylic acids is 2. The monoisotopic (exact) mass is 477 g/mol. The largest absolute Gasteiger partial charge is 0.503 e. The molecule has 0 radical (unpaired) electrons. The van der Waals surface area contributed by atoms with Gasteiger partial charge in [0.2, 0.25) is 5.78 Å². The Kier molecular flexibility index (Phi) is 6.70. The summed E-state index contributed by atoms with van der Waals surface area (Å²) in [5.74, 6) is -2.00. The summed E-state index contributed by atoms with van der Waals surface area (Å²) in [6.07, 6.45) is 0. The highest BCUT2D eigenvalue weighted by molar-refractivity contribution is 6.16. The maximum atomic E-state index is 13.6. The van der Waals surface area contributed by atoms with Gasteiger partial charge in [0.05, 0.1) is 16.5 Å². The van der Waals surface area contributed by atoms with E-state index in [2.05, 4.69) is 4.90 Å². The minimum Gasteiger partial charge on any atom is -0.503 e. The zero-order valence-electron chi connectivity index (χ0n) is 19.9. The third-order valence-electron chi connectivity index (χ3n) is 6.39. The number of aryl methyl sites for hydroxylation is 1. The number of benzene rings is 2. The summed E-state index contributed by atoms with van der Waals surface area (Å²) in [6, 6.07) is 11.9. The Morgan fingerprint density at radius 1 is 1.17 bits per heavy atom. The van der Waals surface area contributed by atoms with Crippen molar-refractivity contribution >= 4 is 28.3 Å².